The molecule has 1 aliphatic rings. The van der Waals surface area contributed by atoms with Gasteiger partial charge in [-0.3, -0.25) is 4.90 Å². The molecule has 2 unspecified atom stereocenters. The third-order valence-corrected chi connectivity index (χ3v) is 4.54. The van der Waals surface area contributed by atoms with E-state index in [9.17, 15) is 9.18 Å². The van der Waals surface area contributed by atoms with Crippen molar-refractivity contribution in [2.24, 2.45) is 0 Å². The molecule has 4 heteroatoms. The highest BCUT2D eigenvalue weighted by atomic mass is 19.1. The van der Waals surface area contributed by atoms with Crippen LogP contribution in [0.1, 0.15) is 16.7 Å². The first-order valence-corrected chi connectivity index (χ1v) is 8.27. The van der Waals surface area contributed by atoms with Gasteiger partial charge in [0.25, 0.3) is 0 Å². The summed E-state index contributed by atoms with van der Waals surface area (Å²) < 4.78 is 19.3. The fourth-order valence-corrected chi connectivity index (χ4v) is 3.23. The van der Waals surface area contributed by atoms with E-state index in [2.05, 4.69) is 17.0 Å². The maximum absolute atomic E-state index is 13.4. The Labute approximate surface area is 142 Å². The molecule has 0 aromatic heterocycles. The van der Waals surface area contributed by atoms with Crippen LogP contribution < -0.4 is 0 Å². The second-order valence-corrected chi connectivity index (χ2v) is 6.28. The van der Waals surface area contributed by atoms with Crippen LogP contribution in [0.25, 0.3) is 0 Å². The Morgan fingerprint density at radius 1 is 1.21 bits per heavy atom. The third-order valence-electron chi connectivity index (χ3n) is 4.54. The monoisotopic (exact) mass is 327 g/mol. The van der Waals surface area contributed by atoms with Crippen molar-refractivity contribution in [2.75, 3.05) is 13.2 Å². The van der Waals surface area contributed by atoms with Gasteiger partial charge in [-0.05, 0) is 29.7 Å². The van der Waals surface area contributed by atoms with Crippen LogP contribution in [-0.2, 0) is 22.5 Å². The summed E-state index contributed by atoms with van der Waals surface area (Å²) in [6.07, 6.45) is 1.38. The maximum Gasteiger partial charge on any atom is 0.139 e. The van der Waals surface area contributed by atoms with Crippen LogP contribution in [0.15, 0.2) is 48.5 Å². The van der Waals surface area contributed by atoms with Gasteiger partial charge in [0, 0.05) is 19.5 Å². The number of rotatable bonds is 5. The Hall–Kier alpha value is -2.04. The van der Waals surface area contributed by atoms with Gasteiger partial charge in [0.1, 0.15) is 12.1 Å². The molecule has 0 bridgehead atoms. The first-order chi connectivity index (χ1) is 11.7. The average Bonchev–Trinajstić information content (AvgIpc) is 2.59. The molecule has 3 rings (SSSR count). The predicted molar refractivity (Wildman–Crippen MR) is 91.3 cm³/mol. The van der Waals surface area contributed by atoms with E-state index >= 15 is 0 Å². The number of aldehydes is 1. The second-order valence-electron chi connectivity index (χ2n) is 6.28. The molecule has 0 spiro atoms. The van der Waals surface area contributed by atoms with E-state index in [-0.39, 0.29) is 18.0 Å². The number of hydrogen-bond donors (Lipinski definition) is 0. The molecular weight excluding hydrogens is 305 g/mol. The van der Waals surface area contributed by atoms with Crippen LogP contribution in [0.5, 0.6) is 0 Å². The summed E-state index contributed by atoms with van der Waals surface area (Å²) in [6.45, 7) is 3.81. The van der Waals surface area contributed by atoms with Crippen molar-refractivity contribution in [1.82, 2.24) is 4.90 Å². The van der Waals surface area contributed by atoms with E-state index in [0.29, 0.717) is 18.6 Å². The Kier molecular flexibility index (Phi) is 5.38. The van der Waals surface area contributed by atoms with Crippen LogP contribution in [0.2, 0.25) is 0 Å². The minimum absolute atomic E-state index is 0.204. The van der Waals surface area contributed by atoms with Crippen molar-refractivity contribution < 1.29 is 13.9 Å². The van der Waals surface area contributed by atoms with Crippen LogP contribution in [0.4, 0.5) is 4.39 Å². The molecule has 2 atom stereocenters. The van der Waals surface area contributed by atoms with E-state index < -0.39 is 0 Å². The first-order valence-electron chi connectivity index (χ1n) is 8.27. The highest BCUT2D eigenvalue weighted by molar-refractivity contribution is 5.59. The summed E-state index contributed by atoms with van der Waals surface area (Å²) in [4.78, 5) is 13.9. The number of hydrogen-bond acceptors (Lipinski definition) is 3. The largest absolute Gasteiger partial charge is 0.374 e. The van der Waals surface area contributed by atoms with Gasteiger partial charge in [0.05, 0.1) is 18.8 Å². The molecule has 0 radical (unpaired) electrons. The molecular formula is C20H22FNO2. The summed E-state index contributed by atoms with van der Waals surface area (Å²) >= 11 is 0. The lowest BCUT2D eigenvalue weighted by molar-refractivity contribution is -0.126. The highest BCUT2D eigenvalue weighted by Gasteiger charge is 2.32. The lowest BCUT2D eigenvalue weighted by Crippen LogP contribution is -2.52. The Morgan fingerprint density at radius 2 is 2.00 bits per heavy atom. The van der Waals surface area contributed by atoms with Crippen molar-refractivity contribution in [3.63, 3.8) is 0 Å². The SMILES string of the molecule is Cc1cc(CC2OCCN(Cc3ccccc3)C2C=O)ccc1F. The number of carbonyl (C=O) groups is 1. The summed E-state index contributed by atoms with van der Waals surface area (Å²) in [5, 5.41) is 0. The van der Waals surface area contributed by atoms with E-state index in [1.165, 1.54) is 11.6 Å². The van der Waals surface area contributed by atoms with Crippen LogP contribution >= 0.6 is 0 Å². The molecule has 0 saturated carbocycles. The van der Waals surface area contributed by atoms with Gasteiger partial charge in [0.2, 0.25) is 0 Å². The molecule has 1 fully saturated rings. The zero-order valence-corrected chi connectivity index (χ0v) is 13.8. The standard InChI is InChI=1S/C20H22FNO2/c1-15-11-17(7-8-18(15)21)12-20-19(14-23)22(9-10-24-20)13-16-5-3-2-4-6-16/h2-8,11,14,19-20H,9-10,12-13H2,1H3. The summed E-state index contributed by atoms with van der Waals surface area (Å²) in [5.74, 6) is -0.207. The number of ether oxygens (including phenoxy) is 1. The molecule has 2 aromatic rings. The second kappa shape index (κ2) is 7.69. The molecule has 0 N–H and O–H groups in total. The summed E-state index contributed by atoms with van der Waals surface area (Å²) in [6, 6.07) is 14.9. The number of aryl methyl sites for hydroxylation is 1. The van der Waals surface area contributed by atoms with E-state index in [4.69, 9.17) is 4.74 Å². The van der Waals surface area contributed by atoms with E-state index in [0.717, 1.165) is 24.9 Å². The lowest BCUT2D eigenvalue weighted by Gasteiger charge is -2.38. The molecule has 24 heavy (non-hydrogen) atoms. The Bertz CT molecular complexity index is 689. The third kappa shape index (κ3) is 3.89. The minimum Gasteiger partial charge on any atom is -0.374 e. The van der Waals surface area contributed by atoms with Crippen molar-refractivity contribution in [3.8, 4) is 0 Å². The normalized spacial score (nSPS) is 21.6. The molecule has 0 aliphatic carbocycles. The molecule has 1 saturated heterocycles. The van der Waals surface area contributed by atoms with Gasteiger partial charge in [0.15, 0.2) is 0 Å². The fourth-order valence-electron chi connectivity index (χ4n) is 3.23. The molecule has 0 amide bonds. The first kappa shape index (κ1) is 16.8. The highest BCUT2D eigenvalue weighted by Crippen LogP contribution is 2.20. The Morgan fingerprint density at radius 3 is 2.71 bits per heavy atom. The van der Waals surface area contributed by atoms with Crippen molar-refractivity contribution in [1.29, 1.82) is 0 Å². The lowest BCUT2D eigenvalue weighted by atomic mass is 9.98. The molecule has 1 aliphatic heterocycles. The van der Waals surface area contributed by atoms with E-state index in [1.54, 1.807) is 13.0 Å². The predicted octanol–water partition coefficient (Wildman–Crippen LogP) is 3.15. The topological polar surface area (TPSA) is 29.5 Å². The van der Waals surface area contributed by atoms with E-state index in [1.807, 2.05) is 24.3 Å². The van der Waals surface area contributed by atoms with Crippen molar-refractivity contribution in [2.45, 2.75) is 32.0 Å². The van der Waals surface area contributed by atoms with Crippen molar-refractivity contribution in [3.05, 3.63) is 71.0 Å². The molecule has 126 valence electrons. The zero-order chi connectivity index (χ0) is 16.9. The number of halogens is 1. The Balaban J connectivity index is 1.72. The fraction of sp³-hybridized carbons (Fsp3) is 0.350. The van der Waals surface area contributed by atoms with Gasteiger partial charge >= 0.3 is 0 Å². The van der Waals surface area contributed by atoms with Gasteiger partial charge < -0.3 is 9.53 Å². The van der Waals surface area contributed by atoms with Gasteiger partial charge in [-0.2, -0.15) is 0 Å². The number of benzene rings is 2. The van der Waals surface area contributed by atoms with Gasteiger partial charge in [-0.1, -0.05) is 42.5 Å². The number of morpholine rings is 1. The minimum atomic E-state index is -0.288. The zero-order valence-electron chi connectivity index (χ0n) is 13.8. The average molecular weight is 327 g/mol. The summed E-state index contributed by atoms with van der Waals surface area (Å²) in [7, 11) is 0. The van der Waals surface area contributed by atoms with Gasteiger partial charge in [-0.25, -0.2) is 4.39 Å². The number of carbonyl (C=O) groups excluding carboxylic acids is 1. The molecule has 2 aromatic carbocycles. The quantitative estimate of drug-likeness (QED) is 0.790. The van der Waals surface area contributed by atoms with Crippen LogP contribution in [0, 0.1) is 12.7 Å². The smallest absolute Gasteiger partial charge is 0.139 e. The van der Waals surface area contributed by atoms with Gasteiger partial charge in [-0.15, -0.1) is 0 Å². The van der Waals surface area contributed by atoms with Crippen LogP contribution in [-0.4, -0.2) is 36.5 Å². The molecule has 1 heterocycles. The van der Waals surface area contributed by atoms with Crippen molar-refractivity contribution >= 4 is 6.29 Å². The number of nitrogens with zero attached hydrogens (tertiary/aromatic N) is 1. The molecule has 3 nitrogen and oxygen atoms in total. The summed E-state index contributed by atoms with van der Waals surface area (Å²) in [5.41, 5.74) is 2.79. The maximum atomic E-state index is 13.4. The van der Waals surface area contributed by atoms with Crippen LogP contribution in [0.3, 0.4) is 0 Å².